The minimum absolute atomic E-state index is 0.00157. The first-order valence-corrected chi connectivity index (χ1v) is 9.77. The molecular weight excluding hydrogens is 334 g/mol. The van der Waals surface area contributed by atoms with E-state index in [2.05, 4.69) is 53.5 Å². The average Bonchev–Trinajstić information content (AvgIpc) is 2.95. The van der Waals surface area contributed by atoms with Crippen molar-refractivity contribution in [2.45, 2.75) is 39.3 Å². The van der Waals surface area contributed by atoms with Crippen LogP contribution < -0.4 is 5.32 Å². The Kier molecular flexibility index (Phi) is 4.99. The first-order chi connectivity index (χ1) is 13.1. The van der Waals surface area contributed by atoms with E-state index in [1.54, 1.807) is 0 Å². The van der Waals surface area contributed by atoms with Crippen LogP contribution in [0.3, 0.4) is 0 Å². The molecule has 0 atom stereocenters. The number of piperidine rings is 1. The van der Waals surface area contributed by atoms with Gasteiger partial charge in [-0.15, -0.1) is 0 Å². The molecule has 3 aromatic rings. The summed E-state index contributed by atoms with van der Waals surface area (Å²) < 4.78 is 1.83. The van der Waals surface area contributed by atoms with Crippen molar-refractivity contribution in [2.75, 3.05) is 13.1 Å². The van der Waals surface area contributed by atoms with Crippen LogP contribution in [0.2, 0.25) is 0 Å². The molecule has 1 aliphatic rings. The molecule has 140 valence electrons. The highest BCUT2D eigenvalue weighted by Crippen LogP contribution is 2.25. The number of aryl methyl sites for hydroxylation is 1. The second kappa shape index (κ2) is 7.57. The van der Waals surface area contributed by atoms with Crippen LogP contribution in [0.5, 0.6) is 0 Å². The zero-order valence-corrected chi connectivity index (χ0v) is 16.1. The summed E-state index contributed by atoms with van der Waals surface area (Å²) in [5.74, 6) is 0. The third kappa shape index (κ3) is 3.62. The summed E-state index contributed by atoms with van der Waals surface area (Å²) in [7, 11) is 0. The van der Waals surface area contributed by atoms with Crippen molar-refractivity contribution in [2.24, 2.45) is 0 Å². The molecule has 4 rings (SSSR count). The first-order valence-electron chi connectivity index (χ1n) is 9.77. The zero-order chi connectivity index (χ0) is 18.8. The van der Waals surface area contributed by atoms with Gasteiger partial charge in [-0.05, 0) is 43.9 Å². The number of rotatable bonds is 3. The molecule has 0 unspecified atom stereocenters. The summed E-state index contributed by atoms with van der Waals surface area (Å²) in [6, 6.07) is 19.0. The largest absolute Gasteiger partial charge is 0.335 e. The summed E-state index contributed by atoms with van der Waals surface area (Å²) in [5.41, 5.74) is 4.55. The molecule has 0 aliphatic carbocycles. The normalized spacial score (nSPS) is 15.9. The second-order valence-corrected chi connectivity index (χ2v) is 7.55. The molecule has 0 spiro atoms. The maximum atomic E-state index is 13.0. The lowest BCUT2D eigenvalue weighted by atomic mass is 10.0. The smallest absolute Gasteiger partial charge is 0.326 e. The number of likely N-dealkylation sites (tertiary alicyclic amines) is 1. The Morgan fingerprint density at radius 2 is 1.67 bits per heavy atom. The Morgan fingerprint density at radius 1 is 1.00 bits per heavy atom. The van der Waals surface area contributed by atoms with Crippen molar-refractivity contribution in [3.63, 3.8) is 0 Å². The van der Waals surface area contributed by atoms with Gasteiger partial charge in [0.25, 0.3) is 0 Å². The van der Waals surface area contributed by atoms with E-state index in [4.69, 9.17) is 0 Å². The summed E-state index contributed by atoms with van der Waals surface area (Å²) >= 11 is 0. The summed E-state index contributed by atoms with van der Waals surface area (Å²) in [6.45, 7) is 7.14. The summed E-state index contributed by atoms with van der Waals surface area (Å²) in [6.07, 6.45) is 1.99. The van der Waals surface area contributed by atoms with Crippen molar-refractivity contribution in [1.82, 2.24) is 14.8 Å². The molecule has 1 aromatic heterocycles. The van der Waals surface area contributed by atoms with Crippen LogP contribution in [0, 0.1) is 13.8 Å². The number of carbonyl (C=O) groups is 1. The number of nitrogens with zero attached hydrogens (tertiary/aromatic N) is 2. The van der Waals surface area contributed by atoms with Gasteiger partial charge in [-0.1, -0.05) is 48.5 Å². The molecule has 1 N–H and O–H groups in total. The predicted octanol–water partition coefficient (Wildman–Crippen LogP) is 4.48. The molecule has 0 radical (unpaired) electrons. The molecule has 4 nitrogen and oxygen atoms in total. The number of hydrogen-bond acceptors (Lipinski definition) is 2. The van der Waals surface area contributed by atoms with Crippen LogP contribution in [0.1, 0.15) is 29.7 Å². The Labute approximate surface area is 160 Å². The lowest BCUT2D eigenvalue weighted by molar-refractivity contribution is 0.187. The van der Waals surface area contributed by atoms with Crippen molar-refractivity contribution < 1.29 is 4.79 Å². The van der Waals surface area contributed by atoms with Gasteiger partial charge in [-0.3, -0.25) is 9.47 Å². The SMILES string of the molecule is Cc1c(C)n(C(=O)NC2CCN(Cc3ccccc3)CC2)c2ccccc12. The highest BCUT2D eigenvalue weighted by molar-refractivity contribution is 5.95. The standard InChI is InChI=1S/C23H27N3O/c1-17-18(2)26(22-11-7-6-10-21(17)22)23(27)24-20-12-14-25(15-13-20)16-19-8-4-3-5-9-19/h3-11,20H,12-16H2,1-2H3,(H,24,27). The molecular formula is C23H27N3O. The van der Waals surface area contributed by atoms with Crippen LogP contribution in [-0.2, 0) is 6.54 Å². The highest BCUT2D eigenvalue weighted by atomic mass is 16.2. The Bertz CT molecular complexity index is 937. The number of fused-ring (bicyclic) bond motifs is 1. The fourth-order valence-electron chi connectivity index (χ4n) is 4.11. The topological polar surface area (TPSA) is 37.3 Å². The van der Waals surface area contributed by atoms with E-state index in [0.717, 1.165) is 49.1 Å². The number of hydrogen-bond donors (Lipinski definition) is 1. The molecule has 1 aliphatic heterocycles. The molecule has 0 bridgehead atoms. The molecule has 0 saturated carbocycles. The average molecular weight is 361 g/mol. The van der Waals surface area contributed by atoms with E-state index < -0.39 is 0 Å². The number of para-hydroxylation sites is 1. The molecule has 1 saturated heterocycles. The van der Waals surface area contributed by atoms with E-state index in [1.807, 2.05) is 29.7 Å². The number of amides is 1. The van der Waals surface area contributed by atoms with Gasteiger partial charge in [-0.25, -0.2) is 4.79 Å². The second-order valence-electron chi connectivity index (χ2n) is 7.55. The lowest BCUT2D eigenvalue weighted by Gasteiger charge is -2.32. The van der Waals surface area contributed by atoms with E-state index in [1.165, 1.54) is 11.1 Å². The van der Waals surface area contributed by atoms with Crippen molar-refractivity contribution in [3.05, 3.63) is 71.4 Å². The lowest BCUT2D eigenvalue weighted by Crippen LogP contribution is -2.45. The van der Waals surface area contributed by atoms with Gasteiger partial charge in [0.2, 0.25) is 0 Å². The summed E-state index contributed by atoms with van der Waals surface area (Å²) in [5, 5.41) is 4.42. The summed E-state index contributed by atoms with van der Waals surface area (Å²) in [4.78, 5) is 15.4. The van der Waals surface area contributed by atoms with Gasteiger partial charge in [0, 0.05) is 36.8 Å². The number of benzene rings is 2. The van der Waals surface area contributed by atoms with Crippen LogP contribution >= 0.6 is 0 Å². The Hall–Kier alpha value is -2.59. The van der Waals surface area contributed by atoms with Gasteiger partial charge in [-0.2, -0.15) is 0 Å². The maximum absolute atomic E-state index is 13.0. The fourth-order valence-corrected chi connectivity index (χ4v) is 4.11. The minimum Gasteiger partial charge on any atom is -0.335 e. The van der Waals surface area contributed by atoms with E-state index in [0.29, 0.717) is 0 Å². The third-order valence-electron chi connectivity index (χ3n) is 5.79. The molecule has 2 aromatic carbocycles. The van der Waals surface area contributed by atoms with E-state index in [-0.39, 0.29) is 12.1 Å². The van der Waals surface area contributed by atoms with Gasteiger partial charge in [0.05, 0.1) is 5.52 Å². The fraction of sp³-hybridized carbons (Fsp3) is 0.348. The quantitative estimate of drug-likeness (QED) is 0.747. The van der Waals surface area contributed by atoms with Crippen LogP contribution in [-0.4, -0.2) is 34.6 Å². The maximum Gasteiger partial charge on any atom is 0.326 e. The third-order valence-corrected chi connectivity index (χ3v) is 5.79. The molecule has 4 heteroatoms. The molecule has 1 amide bonds. The van der Waals surface area contributed by atoms with Gasteiger partial charge in [0.15, 0.2) is 0 Å². The van der Waals surface area contributed by atoms with Crippen LogP contribution in [0.15, 0.2) is 54.6 Å². The van der Waals surface area contributed by atoms with Crippen molar-refractivity contribution >= 4 is 16.9 Å². The van der Waals surface area contributed by atoms with Crippen molar-refractivity contribution in [3.8, 4) is 0 Å². The number of aromatic nitrogens is 1. The Balaban J connectivity index is 1.40. The molecule has 2 heterocycles. The predicted molar refractivity (Wildman–Crippen MR) is 110 cm³/mol. The van der Waals surface area contributed by atoms with Gasteiger partial charge >= 0.3 is 6.03 Å². The zero-order valence-electron chi connectivity index (χ0n) is 16.1. The first kappa shape index (κ1) is 17.8. The Morgan fingerprint density at radius 3 is 2.41 bits per heavy atom. The highest BCUT2D eigenvalue weighted by Gasteiger charge is 2.23. The van der Waals surface area contributed by atoms with Crippen molar-refractivity contribution in [1.29, 1.82) is 0 Å². The van der Waals surface area contributed by atoms with E-state index >= 15 is 0 Å². The number of carbonyl (C=O) groups excluding carboxylic acids is 1. The monoisotopic (exact) mass is 361 g/mol. The molecule has 27 heavy (non-hydrogen) atoms. The minimum atomic E-state index is -0.00157. The number of nitrogens with one attached hydrogen (secondary N) is 1. The molecule has 1 fully saturated rings. The van der Waals surface area contributed by atoms with Gasteiger partial charge < -0.3 is 5.32 Å². The van der Waals surface area contributed by atoms with E-state index in [9.17, 15) is 4.79 Å². The van der Waals surface area contributed by atoms with Crippen LogP contribution in [0.25, 0.3) is 10.9 Å². The van der Waals surface area contributed by atoms with Crippen LogP contribution in [0.4, 0.5) is 4.79 Å². The van der Waals surface area contributed by atoms with Gasteiger partial charge in [0.1, 0.15) is 0 Å².